The highest BCUT2D eigenvalue weighted by Gasteiger charge is 2.31. The molecule has 0 unspecified atom stereocenters. The van der Waals surface area contributed by atoms with Gasteiger partial charge < -0.3 is 15.0 Å². The van der Waals surface area contributed by atoms with Gasteiger partial charge in [-0.05, 0) is 25.1 Å². The number of hydrogen-bond donors (Lipinski definition) is 1. The van der Waals surface area contributed by atoms with Crippen molar-refractivity contribution in [2.75, 3.05) is 31.1 Å². The first-order chi connectivity index (χ1) is 11.9. The van der Waals surface area contributed by atoms with Gasteiger partial charge in [0.1, 0.15) is 11.6 Å². The van der Waals surface area contributed by atoms with Crippen LogP contribution in [0.1, 0.15) is 5.82 Å². The fourth-order valence-corrected chi connectivity index (χ4v) is 2.94. The molecule has 2 aromatic heterocycles. The number of anilines is 1. The number of ether oxygens (including phenoxy) is 1. The molecule has 4 rings (SSSR count). The Kier molecular flexibility index (Phi) is 4.80. The predicted molar refractivity (Wildman–Crippen MR) is 92.0 cm³/mol. The predicted octanol–water partition coefficient (Wildman–Crippen LogP) is 2.32. The van der Waals surface area contributed by atoms with E-state index < -0.39 is 6.36 Å². The second-order valence-corrected chi connectivity index (χ2v) is 5.77. The minimum atomic E-state index is -4.75. The van der Waals surface area contributed by atoms with Crippen molar-refractivity contribution in [2.45, 2.75) is 13.3 Å². The van der Waals surface area contributed by atoms with E-state index in [0.717, 1.165) is 26.2 Å². The Balaban J connectivity index is 0.00000196. The van der Waals surface area contributed by atoms with Crippen molar-refractivity contribution in [3.8, 4) is 5.75 Å². The summed E-state index contributed by atoms with van der Waals surface area (Å²) >= 11 is 0. The van der Waals surface area contributed by atoms with Crippen molar-refractivity contribution in [3.05, 3.63) is 24.0 Å². The van der Waals surface area contributed by atoms with E-state index in [1.165, 1.54) is 18.2 Å². The molecule has 140 valence electrons. The number of nitrogens with one attached hydrogen (secondary N) is 1. The van der Waals surface area contributed by atoms with Gasteiger partial charge in [-0.2, -0.15) is 4.52 Å². The molecule has 0 amide bonds. The van der Waals surface area contributed by atoms with Gasteiger partial charge >= 0.3 is 6.36 Å². The summed E-state index contributed by atoms with van der Waals surface area (Å²) in [5, 5.41) is 8.09. The molecule has 3 aromatic rings. The second-order valence-electron chi connectivity index (χ2n) is 5.77. The maximum Gasteiger partial charge on any atom is 0.573 e. The van der Waals surface area contributed by atoms with E-state index in [-0.39, 0.29) is 18.2 Å². The summed E-state index contributed by atoms with van der Waals surface area (Å²) in [7, 11) is 0. The quantitative estimate of drug-likeness (QED) is 0.726. The summed E-state index contributed by atoms with van der Waals surface area (Å²) in [4.78, 5) is 11.0. The molecule has 3 heterocycles. The SMILES string of the molecule is Cc1nc2c3cc(OC(F)(F)F)ccc3nc(N3CCNCC3)n2n1.Cl. The smallest absolute Gasteiger partial charge is 0.406 e. The Morgan fingerprint density at radius 3 is 2.58 bits per heavy atom. The van der Waals surface area contributed by atoms with E-state index in [1.807, 2.05) is 0 Å². The fraction of sp³-hybridized carbons (Fsp3) is 0.400. The molecule has 0 radical (unpaired) electrons. The number of piperazine rings is 1. The van der Waals surface area contributed by atoms with E-state index in [2.05, 4.69) is 30.0 Å². The molecule has 0 aliphatic carbocycles. The van der Waals surface area contributed by atoms with Crippen LogP contribution in [0.4, 0.5) is 19.1 Å². The van der Waals surface area contributed by atoms with Gasteiger partial charge in [0.25, 0.3) is 0 Å². The summed E-state index contributed by atoms with van der Waals surface area (Å²) in [5.74, 6) is 0.848. The van der Waals surface area contributed by atoms with Gasteiger partial charge in [0.05, 0.1) is 5.52 Å². The number of alkyl halides is 3. The number of aryl methyl sites for hydroxylation is 1. The third-order valence-electron chi connectivity index (χ3n) is 3.97. The minimum absolute atomic E-state index is 0. The number of nitrogens with zero attached hydrogens (tertiary/aromatic N) is 5. The van der Waals surface area contributed by atoms with Gasteiger partial charge in [0.15, 0.2) is 5.65 Å². The third-order valence-corrected chi connectivity index (χ3v) is 3.97. The monoisotopic (exact) mass is 388 g/mol. The third kappa shape index (κ3) is 3.47. The lowest BCUT2D eigenvalue weighted by molar-refractivity contribution is -0.274. The minimum Gasteiger partial charge on any atom is -0.406 e. The van der Waals surface area contributed by atoms with Crippen molar-refractivity contribution >= 4 is 34.9 Å². The molecule has 1 N–H and O–H groups in total. The highest BCUT2D eigenvalue weighted by atomic mass is 35.5. The molecule has 0 bridgehead atoms. The maximum absolute atomic E-state index is 12.5. The molecule has 0 saturated carbocycles. The topological polar surface area (TPSA) is 67.6 Å². The van der Waals surface area contributed by atoms with Crippen molar-refractivity contribution in [2.24, 2.45) is 0 Å². The Hall–Kier alpha value is -2.33. The summed E-state index contributed by atoms with van der Waals surface area (Å²) in [6.45, 7) is 4.92. The molecule has 1 fully saturated rings. The van der Waals surface area contributed by atoms with Crippen LogP contribution in [-0.2, 0) is 0 Å². The van der Waals surface area contributed by atoms with Crippen LogP contribution in [0.5, 0.6) is 5.75 Å². The van der Waals surface area contributed by atoms with Gasteiger partial charge in [-0.15, -0.1) is 30.7 Å². The summed E-state index contributed by atoms with van der Waals surface area (Å²) < 4.78 is 43.0. The molecule has 1 aliphatic heterocycles. The highest BCUT2D eigenvalue weighted by Crippen LogP contribution is 2.29. The first kappa shape index (κ1) is 18.5. The van der Waals surface area contributed by atoms with Crippen LogP contribution in [-0.4, -0.2) is 52.1 Å². The normalized spacial score (nSPS) is 15.3. The van der Waals surface area contributed by atoms with Crippen LogP contribution in [0.3, 0.4) is 0 Å². The molecule has 7 nitrogen and oxygen atoms in total. The fourth-order valence-electron chi connectivity index (χ4n) is 2.94. The van der Waals surface area contributed by atoms with E-state index in [9.17, 15) is 13.2 Å². The lowest BCUT2D eigenvalue weighted by Crippen LogP contribution is -2.44. The number of rotatable bonds is 2. The van der Waals surface area contributed by atoms with Crippen LogP contribution in [0, 0.1) is 6.92 Å². The molecular formula is C15H16ClF3N6O. The number of halogens is 4. The summed E-state index contributed by atoms with van der Waals surface area (Å²) in [5.41, 5.74) is 1.01. The Bertz CT molecular complexity index is 938. The zero-order valence-corrected chi connectivity index (χ0v) is 14.6. The molecule has 1 aromatic carbocycles. The molecule has 0 spiro atoms. The van der Waals surface area contributed by atoms with E-state index in [1.54, 1.807) is 11.4 Å². The lowest BCUT2D eigenvalue weighted by atomic mass is 10.2. The molecule has 26 heavy (non-hydrogen) atoms. The molecule has 1 aliphatic rings. The van der Waals surface area contributed by atoms with Gasteiger partial charge in [0, 0.05) is 31.6 Å². The Morgan fingerprint density at radius 1 is 1.15 bits per heavy atom. The second kappa shape index (κ2) is 6.76. The van der Waals surface area contributed by atoms with Crippen LogP contribution in [0.15, 0.2) is 18.2 Å². The summed E-state index contributed by atoms with van der Waals surface area (Å²) in [6.07, 6.45) is -4.75. The first-order valence-electron chi connectivity index (χ1n) is 7.79. The lowest BCUT2D eigenvalue weighted by Gasteiger charge is -2.28. The standard InChI is InChI=1S/C15H15F3N6O.ClH/c1-9-20-13-11-8-10(25-15(16,17)18)2-3-12(11)21-14(24(13)22-9)23-6-4-19-5-7-23;/h2-3,8,19H,4-7H2,1H3;1H. The zero-order valence-electron chi connectivity index (χ0n) is 13.7. The number of benzene rings is 1. The number of aromatic nitrogens is 4. The average molecular weight is 389 g/mol. The number of fused-ring (bicyclic) bond motifs is 3. The molecule has 1 saturated heterocycles. The average Bonchev–Trinajstić information content (AvgIpc) is 2.95. The van der Waals surface area contributed by atoms with Crippen LogP contribution in [0.25, 0.3) is 16.6 Å². The van der Waals surface area contributed by atoms with Gasteiger partial charge in [-0.1, -0.05) is 0 Å². The van der Waals surface area contributed by atoms with Gasteiger partial charge in [-0.25, -0.2) is 9.97 Å². The maximum atomic E-state index is 12.5. The van der Waals surface area contributed by atoms with E-state index >= 15 is 0 Å². The van der Waals surface area contributed by atoms with Crippen LogP contribution < -0.4 is 15.0 Å². The highest BCUT2D eigenvalue weighted by molar-refractivity contribution is 5.93. The first-order valence-corrected chi connectivity index (χ1v) is 7.79. The van der Waals surface area contributed by atoms with Crippen LogP contribution >= 0.6 is 12.4 Å². The van der Waals surface area contributed by atoms with Crippen LogP contribution in [0.2, 0.25) is 0 Å². The van der Waals surface area contributed by atoms with Gasteiger partial charge in [-0.3, -0.25) is 0 Å². The molecule has 0 atom stereocenters. The Labute approximate surface area is 152 Å². The Morgan fingerprint density at radius 2 is 1.88 bits per heavy atom. The zero-order chi connectivity index (χ0) is 17.6. The van der Waals surface area contributed by atoms with Gasteiger partial charge in [0.2, 0.25) is 5.95 Å². The number of hydrogen-bond acceptors (Lipinski definition) is 6. The van der Waals surface area contributed by atoms with Crippen molar-refractivity contribution in [1.82, 2.24) is 24.9 Å². The van der Waals surface area contributed by atoms with Crippen molar-refractivity contribution in [1.29, 1.82) is 0 Å². The summed E-state index contributed by atoms with van der Waals surface area (Å²) in [6, 6.07) is 4.05. The van der Waals surface area contributed by atoms with E-state index in [4.69, 9.17) is 0 Å². The van der Waals surface area contributed by atoms with E-state index in [0.29, 0.717) is 28.3 Å². The molecular weight excluding hydrogens is 373 g/mol. The largest absolute Gasteiger partial charge is 0.573 e. The van der Waals surface area contributed by atoms with Crippen molar-refractivity contribution in [3.63, 3.8) is 0 Å². The molecule has 11 heteroatoms. The van der Waals surface area contributed by atoms with Crippen molar-refractivity contribution < 1.29 is 17.9 Å².